The Balaban J connectivity index is 2.25. The second kappa shape index (κ2) is 5.94. The van der Waals surface area contributed by atoms with Crippen molar-refractivity contribution in [1.29, 1.82) is 5.26 Å². The van der Waals surface area contributed by atoms with Crippen molar-refractivity contribution < 1.29 is 4.39 Å². The Kier molecular flexibility index (Phi) is 4.29. The molecule has 96 valence electrons. The third kappa shape index (κ3) is 2.87. The highest BCUT2D eigenvalue weighted by molar-refractivity contribution is 5.27. The zero-order chi connectivity index (χ0) is 13.0. The van der Waals surface area contributed by atoms with Crippen molar-refractivity contribution in [3.8, 4) is 6.07 Å². The summed E-state index contributed by atoms with van der Waals surface area (Å²) in [5, 5.41) is 12.2. The van der Waals surface area contributed by atoms with E-state index in [1.54, 1.807) is 6.07 Å². The van der Waals surface area contributed by atoms with Gasteiger partial charge >= 0.3 is 0 Å². The summed E-state index contributed by atoms with van der Waals surface area (Å²) >= 11 is 0. The Labute approximate surface area is 107 Å². The molecule has 2 rings (SSSR count). The van der Waals surface area contributed by atoms with E-state index in [0.29, 0.717) is 12.0 Å². The van der Waals surface area contributed by atoms with E-state index < -0.39 is 0 Å². The van der Waals surface area contributed by atoms with Gasteiger partial charge in [0.25, 0.3) is 0 Å². The number of rotatable bonds is 3. The minimum Gasteiger partial charge on any atom is -0.314 e. The summed E-state index contributed by atoms with van der Waals surface area (Å²) in [5.41, 5.74) is 1.55. The molecular weight excluding hydrogens is 229 g/mol. The maximum Gasteiger partial charge on any atom is 0.128 e. The Hall–Kier alpha value is -1.44. The van der Waals surface area contributed by atoms with Gasteiger partial charge < -0.3 is 5.32 Å². The lowest BCUT2D eigenvalue weighted by molar-refractivity contribution is 0.172. The van der Waals surface area contributed by atoms with Crippen LogP contribution in [0.3, 0.4) is 0 Å². The number of hydrogen-bond donors (Lipinski definition) is 1. The molecule has 0 unspecified atom stereocenters. The van der Waals surface area contributed by atoms with Gasteiger partial charge in [0.1, 0.15) is 5.82 Å². The fraction of sp³-hybridized carbons (Fsp3) is 0.500. The van der Waals surface area contributed by atoms with E-state index in [0.717, 1.165) is 31.7 Å². The van der Waals surface area contributed by atoms with Gasteiger partial charge in [-0.25, -0.2) is 4.39 Å². The highest BCUT2D eigenvalue weighted by Crippen LogP contribution is 2.27. The number of nitriles is 1. The molecule has 1 aromatic rings. The highest BCUT2D eigenvalue weighted by atomic mass is 19.1. The number of aryl methyl sites for hydroxylation is 1. The normalized spacial score (nSPS) is 18.3. The van der Waals surface area contributed by atoms with Gasteiger partial charge in [0.05, 0.1) is 18.5 Å². The number of nitrogens with one attached hydrogen (secondary N) is 1. The Morgan fingerprint density at radius 3 is 2.78 bits per heavy atom. The van der Waals surface area contributed by atoms with Crippen LogP contribution in [-0.2, 0) is 0 Å². The minimum atomic E-state index is -0.200. The molecule has 0 saturated carbocycles. The first kappa shape index (κ1) is 13.0. The molecule has 18 heavy (non-hydrogen) atoms. The van der Waals surface area contributed by atoms with Crippen LogP contribution in [-0.4, -0.2) is 31.1 Å². The van der Waals surface area contributed by atoms with Gasteiger partial charge in [-0.15, -0.1) is 0 Å². The molecule has 1 aromatic carbocycles. The summed E-state index contributed by atoms with van der Waals surface area (Å²) in [5.74, 6) is -0.200. The SMILES string of the molecule is Cc1ccc([C@@H](CC#N)N2CCNCC2)c(F)c1. The van der Waals surface area contributed by atoms with Crippen LogP contribution in [0.4, 0.5) is 4.39 Å². The number of halogens is 1. The molecule has 1 fully saturated rings. The van der Waals surface area contributed by atoms with Gasteiger partial charge in [-0.3, -0.25) is 4.90 Å². The molecule has 0 bridgehead atoms. The molecule has 1 aliphatic heterocycles. The van der Waals surface area contributed by atoms with Gasteiger partial charge in [0, 0.05) is 31.7 Å². The second-order valence-corrected chi connectivity index (χ2v) is 4.69. The third-order valence-electron chi connectivity index (χ3n) is 3.39. The molecule has 0 aliphatic carbocycles. The molecule has 0 radical (unpaired) electrons. The van der Waals surface area contributed by atoms with Crippen molar-refractivity contribution in [1.82, 2.24) is 10.2 Å². The van der Waals surface area contributed by atoms with Crippen molar-refractivity contribution in [2.24, 2.45) is 0 Å². The molecule has 1 aliphatic rings. The summed E-state index contributed by atoms with van der Waals surface area (Å²) < 4.78 is 14.0. The number of benzene rings is 1. The predicted molar refractivity (Wildman–Crippen MR) is 68.6 cm³/mol. The van der Waals surface area contributed by atoms with Crippen molar-refractivity contribution >= 4 is 0 Å². The fourth-order valence-corrected chi connectivity index (χ4v) is 2.42. The summed E-state index contributed by atoms with van der Waals surface area (Å²) in [6, 6.07) is 7.32. The van der Waals surface area contributed by atoms with Crippen LogP contribution in [0.2, 0.25) is 0 Å². The van der Waals surface area contributed by atoms with Gasteiger partial charge in [-0.2, -0.15) is 5.26 Å². The number of piperazine rings is 1. The van der Waals surface area contributed by atoms with E-state index in [1.807, 2.05) is 19.1 Å². The highest BCUT2D eigenvalue weighted by Gasteiger charge is 2.24. The smallest absolute Gasteiger partial charge is 0.128 e. The first-order chi connectivity index (χ1) is 8.72. The third-order valence-corrected chi connectivity index (χ3v) is 3.39. The van der Waals surface area contributed by atoms with Crippen molar-refractivity contribution in [2.75, 3.05) is 26.2 Å². The summed E-state index contributed by atoms with van der Waals surface area (Å²) in [6.07, 6.45) is 0.333. The van der Waals surface area contributed by atoms with E-state index in [1.165, 1.54) is 0 Å². The topological polar surface area (TPSA) is 39.1 Å². The zero-order valence-corrected chi connectivity index (χ0v) is 10.6. The molecular formula is C14H18FN3. The summed E-state index contributed by atoms with van der Waals surface area (Å²) in [6.45, 7) is 5.39. The lowest BCUT2D eigenvalue weighted by Crippen LogP contribution is -2.45. The van der Waals surface area contributed by atoms with E-state index in [9.17, 15) is 4.39 Å². The van der Waals surface area contributed by atoms with Crippen LogP contribution in [0.15, 0.2) is 18.2 Å². The zero-order valence-electron chi connectivity index (χ0n) is 10.6. The first-order valence-corrected chi connectivity index (χ1v) is 6.30. The van der Waals surface area contributed by atoms with Crippen molar-refractivity contribution in [3.05, 3.63) is 35.1 Å². The standard InChI is InChI=1S/C14H18FN3/c1-11-2-3-12(13(15)10-11)14(4-5-16)18-8-6-17-7-9-18/h2-3,10,14,17H,4,6-9H2,1H3/t14-/m1/s1. The van der Waals surface area contributed by atoms with Gasteiger partial charge in [-0.05, 0) is 18.6 Å². The molecule has 1 heterocycles. The maximum atomic E-state index is 14.0. The van der Waals surface area contributed by atoms with Crippen molar-refractivity contribution in [2.45, 2.75) is 19.4 Å². The van der Waals surface area contributed by atoms with Crippen LogP contribution >= 0.6 is 0 Å². The summed E-state index contributed by atoms with van der Waals surface area (Å²) in [4.78, 5) is 2.19. The molecule has 0 spiro atoms. The van der Waals surface area contributed by atoms with Gasteiger partial charge in [-0.1, -0.05) is 12.1 Å². The average Bonchev–Trinajstić information content (AvgIpc) is 2.38. The molecule has 0 aromatic heterocycles. The monoisotopic (exact) mass is 247 g/mol. The number of nitrogens with zero attached hydrogens (tertiary/aromatic N) is 2. The molecule has 4 heteroatoms. The van der Waals surface area contributed by atoms with Crippen LogP contribution in [0.25, 0.3) is 0 Å². The van der Waals surface area contributed by atoms with Crippen LogP contribution < -0.4 is 5.32 Å². The quantitative estimate of drug-likeness (QED) is 0.888. The van der Waals surface area contributed by atoms with Gasteiger partial charge in [0.2, 0.25) is 0 Å². The fourth-order valence-electron chi connectivity index (χ4n) is 2.42. The molecule has 1 saturated heterocycles. The van der Waals surface area contributed by atoms with E-state index in [2.05, 4.69) is 16.3 Å². The lowest BCUT2D eigenvalue weighted by atomic mass is 10.00. The van der Waals surface area contributed by atoms with Crippen molar-refractivity contribution in [3.63, 3.8) is 0 Å². The van der Waals surface area contributed by atoms with Gasteiger partial charge in [0.15, 0.2) is 0 Å². The number of hydrogen-bond acceptors (Lipinski definition) is 3. The Bertz CT molecular complexity index is 447. The van der Waals surface area contributed by atoms with Crippen LogP contribution in [0, 0.1) is 24.1 Å². The minimum absolute atomic E-state index is 0.127. The largest absolute Gasteiger partial charge is 0.314 e. The van der Waals surface area contributed by atoms with Crippen LogP contribution in [0.1, 0.15) is 23.6 Å². The molecule has 0 amide bonds. The first-order valence-electron chi connectivity index (χ1n) is 6.30. The predicted octanol–water partition coefficient (Wildman–Crippen LogP) is 1.99. The Morgan fingerprint density at radius 2 is 2.17 bits per heavy atom. The Morgan fingerprint density at radius 1 is 1.44 bits per heavy atom. The molecule has 1 atom stereocenters. The van der Waals surface area contributed by atoms with Crippen LogP contribution in [0.5, 0.6) is 0 Å². The maximum absolute atomic E-state index is 14.0. The molecule has 3 nitrogen and oxygen atoms in total. The summed E-state index contributed by atoms with van der Waals surface area (Å²) in [7, 11) is 0. The molecule has 1 N–H and O–H groups in total. The van der Waals surface area contributed by atoms with E-state index in [4.69, 9.17) is 5.26 Å². The van der Waals surface area contributed by atoms with E-state index in [-0.39, 0.29) is 11.9 Å². The van der Waals surface area contributed by atoms with E-state index >= 15 is 0 Å². The lowest BCUT2D eigenvalue weighted by Gasteiger charge is -2.34. The second-order valence-electron chi connectivity index (χ2n) is 4.69. The average molecular weight is 247 g/mol.